The molecule has 1 aliphatic rings. The molecule has 142 valence electrons. The van der Waals surface area contributed by atoms with Crippen molar-refractivity contribution in [1.82, 2.24) is 29.8 Å². The Labute approximate surface area is 157 Å². The smallest absolute Gasteiger partial charge is 0.271 e. The van der Waals surface area contributed by atoms with Crippen LogP contribution < -0.4 is 0 Å². The van der Waals surface area contributed by atoms with Gasteiger partial charge in [0.1, 0.15) is 11.4 Å². The van der Waals surface area contributed by atoms with Crippen LogP contribution in [0.3, 0.4) is 0 Å². The lowest BCUT2D eigenvalue weighted by atomic mass is 9.96. The van der Waals surface area contributed by atoms with Gasteiger partial charge in [0.15, 0.2) is 5.82 Å². The molecule has 0 spiro atoms. The first-order valence-electron chi connectivity index (χ1n) is 9.33. The fraction of sp³-hybridized carbons (Fsp3) is 0.474. The van der Waals surface area contributed by atoms with E-state index in [0.29, 0.717) is 24.7 Å². The second kappa shape index (κ2) is 7.02. The van der Waals surface area contributed by atoms with E-state index in [9.17, 15) is 4.79 Å². The Morgan fingerprint density at radius 2 is 2.11 bits per heavy atom. The van der Waals surface area contributed by atoms with E-state index in [1.165, 1.54) is 0 Å². The van der Waals surface area contributed by atoms with Crippen LogP contribution in [0, 0.1) is 0 Å². The van der Waals surface area contributed by atoms with E-state index in [0.717, 1.165) is 30.1 Å². The van der Waals surface area contributed by atoms with Crippen LogP contribution in [-0.4, -0.2) is 48.8 Å². The molecule has 4 heterocycles. The van der Waals surface area contributed by atoms with Gasteiger partial charge in [-0.2, -0.15) is 10.1 Å². The van der Waals surface area contributed by atoms with Crippen LogP contribution in [-0.2, 0) is 7.05 Å². The molecule has 0 bridgehead atoms. The number of aromatic amines is 1. The number of piperidine rings is 1. The van der Waals surface area contributed by atoms with E-state index < -0.39 is 0 Å². The molecule has 1 saturated heterocycles. The molecule has 0 saturated carbocycles. The zero-order chi connectivity index (χ0) is 19.0. The van der Waals surface area contributed by atoms with E-state index in [1.54, 1.807) is 0 Å². The molecule has 0 aliphatic carbocycles. The highest BCUT2D eigenvalue weighted by atomic mass is 16.5. The molecule has 3 aromatic rings. The van der Waals surface area contributed by atoms with Gasteiger partial charge in [-0.05, 0) is 31.0 Å². The van der Waals surface area contributed by atoms with Crippen LogP contribution in [0.1, 0.15) is 60.7 Å². The second-order valence-electron chi connectivity index (χ2n) is 7.38. The van der Waals surface area contributed by atoms with Gasteiger partial charge in [-0.1, -0.05) is 19.0 Å². The summed E-state index contributed by atoms with van der Waals surface area (Å²) in [5, 5.41) is 11.2. The van der Waals surface area contributed by atoms with Crippen LogP contribution in [0.15, 0.2) is 28.9 Å². The largest absolute Gasteiger partial charge is 0.349 e. The molecular weight excluding hydrogens is 344 g/mol. The zero-order valence-electron chi connectivity index (χ0n) is 15.8. The Balaban J connectivity index is 1.40. The van der Waals surface area contributed by atoms with Crippen molar-refractivity contribution in [2.45, 2.75) is 38.5 Å². The quantitative estimate of drug-likeness (QED) is 0.764. The number of likely N-dealkylation sites (tertiary alicyclic amines) is 1. The average Bonchev–Trinajstić information content (AvgIpc) is 3.41. The molecule has 1 amide bonds. The Bertz CT molecular complexity index is 930. The van der Waals surface area contributed by atoms with Crippen molar-refractivity contribution in [2.24, 2.45) is 7.05 Å². The number of nitrogens with zero attached hydrogens (tertiary/aromatic N) is 5. The van der Waals surface area contributed by atoms with Crippen LogP contribution in [0.4, 0.5) is 0 Å². The Hall–Kier alpha value is -2.90. The number of carbonyl (C=O) groups is 1. The zero-order valence-corrected chi connectivity index (χ0v) is 15.8. The molecule has 1 aliphatic heterocycles. The molecule has 1 fully saturated rings. The predicted octanol–water partition coefficient (Wildman–Crippen LogP) is 2.94. The molecule has 8 nitrogen and oxygen atoms in total. The summed E-state index contributed by atoms with van der Waals surface area (Å²) in [6, 6.07) is 5.75. The van der Waals surface area contributed by atoms with Crippen LogP contribution >= 0.6 is 0 Å². The summed E-state index contributed by atoms with van der Waals surface area (Å²) in [5.41, 5.74) is 2.26. The maximum absolute atomic E-state index is 12.8. The second-order valence-corrected chi connectivity index (χ2v) is 7.38. The van der Waals surface area contributed by atoms with Gasteiger partial charge in [-0.25, -0.2) is 0 Å². The first-order valence-corrected chi connectivity index (χ1v) is 9.33. The molecule has 27 heavy (non-hydrogen) atoms. The Morgan fingerprint density at radius 3 is 2.74 bits per heavy atom. The van der Waals surface area contributed by atoms with Crippen molar-refractivity contribution >= 4 is 5.91 Å². The summed E-state index contributed by atoms with van der Waals surface area (Å²) in [7, 11) is 1.96. The van der Waals surface area contributed by atoms with Crippen molar-refractivity contribution in [3.05, 3.63) is 41.8 Å². The summed E-state index contributed by atoms with van der Waals surface area (Å²) in [5.74, 6) is 1.89. The van der Waals surface area contributed by atoms with Crippen LogP contribution in [0.2, 0.25) is 0 Å². The molecule has 1 N–H and O–H groups in total. The van der Waals surface area contributed by atoms with Gasteiger partial charge >= 0.3 is 0 Å². The summed E-state index contributed by atoms with van der Waals surface area (Å²) in [6.07, 6.45) is 3.60. The number of aromatic nitrogens is 5. The van der Waals surface area contributed by atoms with E-state index in [4.69, 9.17) is 4.52 Å². The minimum atomic E-state index is -0.0187. The average molecular weight is 368 g/mol. The molecule has 4 rings (SSSR count). The van der Waals surface area contributed by atoms with Crippen molar-refractivity contribution in [3.8, 4) is 11.4 Å². The van der Waals surface area contributed by atoms with Gasteiger partial charge in [0.25, 0.3) is 5.91 Å². The van der Waals surface area contributed by atoms with Crippen LogP contribution in [0.5, 0.6) is 0 Å². The topological polar surface area (TPSA) is 92.8 Å². The number of hydrogen-bond donors (Lipinski definition) is 1. The third-order valence-electron chi connectivity index (χ3n) is 5.12. The fourth-order valence-electron chi connectivity index (χ4n) is 3.44. The number of H-pyrrole nitrogens is 1. The number of hydrogen-bond acceptors (Lipinski definition) is 5. The maximum atomic E-state index is 12.8. The van der Waals surface area contributed by atoms with Gasteiger partial charge in [0, 0.05) is 38.2 Å². The lowest BCUT2D eigenvalue weighted by Gasteiger charge is -2.29. The minimum Gasteiger partial charge on any atom is -0.349 e. The normalized spacial score (nSPS) is 15.6. The summed E-state index contributed by atoms with van der Waals surface area (Å²) in [6.45, 7) is 5.43. The summed E-state index contributed by atoms with van der Waals surface area (Å²) >= 11 is 0. The highest BCUT2D eigenvalue weighted by Gasteiger charge is 2.29. The monoisotopic (exact) mass is 368 g/mol. The molecule has 0 aromatic carbocycles. The SMILES string of the molecule is CC(C)c1noc(C2CCN(C(=O)c3cc(-c4cccn4C)n[nH]3)CC2)n1. The molecule has 0 unspecified atom stereocenters. The molecular formula is C19H24N6O2. The number of aryl methyl sites for hydroxylation is 1. The summed E-state index contributed by atoms with van der Waals surface area (Å²) in [4.78, 5) is 19.2. The third-order valence-corrected chi connectivity index (χ3v) is 5.12. The lowest BCUT2D eigenvalue weighted by Crippen LogP contribution is -2.38. The van der Waals surface area contributed by atoms with Crippen LogP contribution in [0.25, 0.3) is 11.4 Å². The molecule has 0 radical (unpaired) electrons. The highest BCUT2D eigenvalue weighted by molar-refractivity contribution is 5.93. The standard InChI is InChI=1S/C19H24N6O2/c1-12(2)17-20-18(27-23-17)13-6-9-25(10-7-13)19(26)15-11-14(21-22-15)16-5-4-8-24(16)3/h4-5,8,11-13H,6-7,9-10H2,1-3H3,(H,21,22). The first-order chi connectivity index (χ1) is 13.0. The predicted molar refractivity (Wildman–Crippen MR) is 99.3 cm³/mol. The van der Waals surface area contributed by atoms with Gasteiger partial charge in [0.2, 0.25) is 5.89 Å². The van der Waals surface area contributed by atoms with E-state index in [2.05, 4.69) is 20.3 Å². The maximum Gasteiger partial charge on any atom is 0.271 e. The lowest BCUT2D eigenvalue weighted by molar-refractivity contribution is 0.0698. The summed E-state index contributed by atoms with van der Waals surface area (Å²) < 4.78 is 7.40. The van der Waals surface area contributed by atoms with Gasteiger partial charge in [-0.15, -0.1) is 0 Å². The first kappa shape index (κ1) is 17.5. The Morgan fingerprint density at radius 1 is 1.33 bits per heavy atom. The number of rotatable bonds is 4. The molecule has 0 atom stereocenters. The van der Waals surface area contributed by atoms with Gasteiger partial charge in [-0.3, -0.25) is 9.89 Å². The number of nitrogens with one attached hydrogen (secondary N) is 1. The van der Waals surface area contributed by atoms with E-state index in [-0.39, 0.29) is 17.7 Å². The highest BCUT2D eigenvalue weighted by Crippen LogP contribution is 2.28. The number of amides is 1. The fourth-order valence-corrected chi connectivity index (χ4v) is 3.44. The van der Waals surface area contributed by atoms with Crippen molar-refractivity contribution < 1.29 is 9.32 Å². The van der Waals surface area contributed by atoms with Gasteiger partial charge in [0.05, 0.1) is 5.69 Å². The number of carbonyl (C=O) groups excluding carboxylic acids is 1. The van der Waals surface area contributed by atoms with E-state index in [1.807, 2.05) is 54.8 Å². The van der Waals surface area contributed by atoms with Crippen molar-refractivity contribution in [1.29, 1.82) is 0 Å². The Kier molecular flexibility index (Phi) is 4.55. The van der Waals surface area contributed by atoms with Crippen molar-refractivity contribution in [3.63, 3.8) is 0 Å². The molecule has 8 heteroatoms. The minimum absolute atomic E-state index is 0.0187. The van der Waals surface area contributed by atoms with E-state index >= 15 is 0 Å². The van der Waals surface area contributed by atoms with Crippen molar-refractivity contribution in [2.75, 3.05) is 13.1 Å². The van der Waals surface area contributed by atoms with Gasteiger partial charge < -0.3 is 14.0 Å². The molecule has 3 aromatic heterocycles. The third kappa shape index (κ3) is 3.39.